The first-order chi connectivity index (χ1) is 18.1. The van der Waals surface area contributed by atoms with Crippen molar-refractivity contribution in [1.29, 1.82) is 0 Å². The highest BCUT2D eigenvalue weighted by Gasteiger charge is 2.48. The zero-order valence-electron chi connectivity index (χ0n) is 21.3. The number of nitrogens with zero attached hydrogens (tertiary/aromatic N) is 3. The summed E-state index contributed by atoms with van der Waals surface area (Å²) in [5, 5.41) is 6.88. The zero-order chi connectivity index (χ0) is 26.7. The monoisotopic (exact) mass is 526 g/mol. The minimum Gasteiger partial charge on any atom is -0.377 e. The van der Waals surface area contributed by atoms with E-state index in [-0.39, 0.29) is 23.3 Å². The molecule has 200 valence electrons. The lowest BCUT2D eigenvalue weighted by Gasteiger charge is -2.49. The second kappa shape index (κ2) is 9.20. The fourth-order valence-electron chi connectivity index (χ4n) is 5.62. The quantitative estimate of drug-likeness (QED) is 0.505. The first kappa shape index (κ1) is 25.1. The van der Waals surface area contributed by atoms with Crippen LogP contribution in [0.5, 0.6) is 0 Å². The molecule has 0 bridgehead atoms. The van der Waals surface area contributed by atoms with Gasteiger partial charge in [0.05, 0.1) is 36.2 Å². The zero-order valence-corrected chi connectivity index (χ0v) is 21.3. The van der Waals surface area contributed by atoms with Crippen LogP contribution < -0.4 is 5.32 Å². The molecule has 1 saturated carbocycles. The summed E-state index contributed by atoms with van der Waals surface area (Å²) in [7, 11) is 0. The Morgan fingerprint density at radius 2 is 2.03 bits per heavy atom. The van der Waals surface area contributed by atoms with Crippen LogP contribution in [0.3, 0.4) is 0 Å². The average Bonchev–Trinajstić information content (AvgIpc) is 3.57. The van der Waals surface area contributed by atoms with Crippen LogP contribution in [0.25, 0.3) is 11.1 Å². The van der Waals surface area contributed by atoms with Gasteiger partial charge in [0, 0.05) is 19.6 Å². The van der Waals surface area contributed by atoms with Crippen molar-refractivity contribution in [3.05, 3.63) is 70.4 Å². The number of aromatic nitrogens is 2. The van der Waals surface area contributed by atoms with Gasteiger partial charge in [-0.3, -0.25) is 9.69 Å². The third-order valence-electron chi connectivity index (χ3n) is 8.04. The number of carbonyl (C=O) groups is 1. The third-order valence-corrected chi connectivity index (χ3v) is 8.04. The Morgan fingerprint density at radius 3 is 2.71 bits per heavy atom. The lowest BCUT2D eigenvalue weighted by molar-refractivity contribution is -0.137. The lowest BCUT2D eigenvalue weighted by atomic mass is 9.84. The predicted octanol–water partition coefficient (Wildman–Crippen LogP) is 4.63. The van der Waals surface area contributed by atoms with Gasteiger partial charge in [-0.15, -0.1) is 0 Å². The van der Waals surface area contributed by atoms with E-state index in [2.05, 4.69) is 27.3 Å². The van der Waals surface area contributed by atoms with Gasteiger partial charge in [-0.2, -0.15) is 18.2 Å². The maximum absolute atomic E-state index is 13.4. The number of fused-ring (bicyclic) bond motifs is 1. The largest absolute Gasteiger partial charge is 0.416 e. The highest BCUT2D eigenvalue weighted by Crippen LogP contribution is 2.47. The number of alkyl halides is 3. The molecule has 0 unspecified atom stereocenters. The van der Waals surface area contributed by atoms with E-state index < -0.39 is 11.7 Å². The molecule has 38 heavy (non-hydrogen) atoms. The summed E-state index contributed by atoms with van der Waals surface area (Å²) < 4.78 is 51.0. The molecule has 2 aliphatic heterocycles. The van der Waals surface area contributed by atoms with E-state index in [1.807, 2.05) is 12.1 Å². The van der Waals surface area contributed by atoms with E-state index in [0.717, 1.165) is 34.9 Å². The van der Waals surface area contributed by atoms with Crippen LogP contribution in [-0.2, 0) is 35.2 Å². The molecule has 1 aliphatic carbocycles. The van der Waals surface area contributed by atoms with E-state index >= 15 is 0 Å². The topological polar surface area (TPSA) is 80.5 Å². The number of ether oxygens (including phenoxy) is 1. The van der Waals surface area contributed by atoms with Gasteiger partial charge in [0.15, 0.2) is 5.82 Å². The van der Waals surface area contributed by atoms with Crippen LogP contribution in [0, 0.1) is 12.8 Å². The minimum absolute atomic E-state index is 0.0533. The summed E-state index contributed by atoms with van der Waals surface area (Å²) in [6, 6.07) is 9.32. The molecule has 3 heterocycles. The summed E-state index contributed by atoms with van der Waals surface area (Å²) >= 11 is 0. The number of carbonyl (C=O) groups excluding carboxylic acids is 1. The maximum Gasteiger partial charge on any atom is 0.416 e. The van der Waals surface area contributed by atoms with Crippen molar-refractivity contribution in [3.63, 3.8) is 0 Å². The molecule has 1 N–H and O–H groups in total. The summed E-state index contributed by atoms with van der Waals surface area (Å²) in [5.74, 6) is 0.736. The number of benzene rings is 2. The van der Waals surface area contributed by atoms with Gasteiger partial charge in [-0.05, 0) is 66.6 Å². The van der Waals surface area contributed by atoms with Gasteiger partial charge < -0.3 is 14.6 Å². The summed E-state index contributed by atoms with van der Waals surface area (Å²) in [6.45, 7) is 7.02. The van der Waals surface area contributed by atoms with E-state index in [4.69, 9.17) is 9.26 Å². The fourth-order valence-corrected chi connectivity index (χ4v) is 5.62. The molecule has 1 aromatic heterocycles. The van der Waals surface area contributed by atoms with Crippen molar-refractivity contribution in [2.75, 3.05) is 19.8 Å². The maximum atomic E-state index is 13.4. The fraction of sp³-hybridized carbons (Fsp3) is 0.464. The number of hydrogen-bond acceptors (Lipinski definition) is 6. The molecule has 3 aromatic rings. The van der Waals surface area contributed by atoms with Crippen molar-refractivity contribution in [1.82, 2.24) is 20.4 Å². The van der Waals surface area contributed by atoms with Crippen molar-refractivity contribution in [3.8, 4) is 11.1 Å². The first-order valence-electron chi connectivity index (χ1n) is 12.8. The van der Waals surface area contributed by atoms with E-state index in [9.17, 15) is 18.0 Å². The van der Waals surface area contributed by atoms with E-state index in [0.29, 0.717) is 56.4 Å². The number of nitrogens with one attached hydrogen (secondary N) is 1. The SMILES string of the molecule is Cc1noc([C@@H]2C[C@H]2C(=O)NCc2ccc(-c3cccc(C(F)(F)F)c3)c3c2CN(C2(C)COC2)CC3)n1. The predicted molar refractivity (Wildman–Crippen MR) is 132 cm³/mol. The van der Waals surface area contributed by atoms with Gasteiger partial charge in [0.2, 0.25) is 11.8 Å². The highest BCUT2D eigenvalue weighted by atomic mass is 19.4. The van der Waals surface area contributed by atoms with Crippen molar-refractivity contribution < 1.29 is 27.2 Å². The molecule has 3 aliphatic rings. The molecule has 2 atom stereocenters. The van der Waals surface area contributed by atoms with Gasteiger partial charge in [-0.1, -0.05) is 29.4 Å². The molecular formula is C28H29F3N4O3. The molecule has 6 rings (SSSR count). The summed E-state index contributed by atoms with van der Waals surface area (Å²) in [4.78, 5) is 19.5. The van der Waals surface area contributed by atoms with Gasteiger partial charge in [0.1, 0.15) is 0 Å². The molecule has 7 nitrogen and oxygen atoms in total. The van der Waals surface area contributed by atoms with Crippen LogP contribution in [0.1, 0.15) is 53.2 Å². The Labute approximate surface area is 218 Å². The Hall–Kier alpha value is -3.24. The van der Waals surface area contributed by atoms with Crippen molar-refractivity contribution in [2.24, 2.45) is 5.92 Å². The lowest BCUT2D eigenvalue weighted by Crippen LogP contribution is -2.61. The molecule has 2 aromatic carbocycles. The molecule has 1 amide bonds. The Kier molecular flexibility index (Phi) is 6.07. The second-order valence-corrected chi connectivity index (χ2v) is 10.8. The first-order valence-corrected chi connectivity index (χ1v) is 12.8. The number of amides is 1. The van der Waals surface area contributed by atoms with Crippen LogP contribution in [-0.4, -0.2) is 46.2 Å². The normalized spacial score (nSPS) is 22.4. The Balaban J connectivity index is 1.27. The molecule has 0 spiro atoms. The van der Waals surface area contributed by atoms with Crippen molar-refractivity contribution in [2.45, 2.75) is 57.4 Å². The van der Waals surface area contributed by atoms with Crippen LogP contribution in [0.2, 0.25) is 0 Å². The molecular weight excluding hydrogens is 497 g/mol. The van der Waals surface area contributed by atoms with Gasteiger partial charge >= 0.3 is 6.18 Å². The Morgan fingerprint density at radius 1 is 1.21 bits per heavy atom. The van der Waals surface area contributed by atoms with Crippen LogP contribution in [0.4, 0.5) is 13.2 Å². The van der Waals surface area contributed by atoms with Gasteiger partial charge in [0.25, 0.3) is 0 Å². The third kappa shape index (κ3) is 4.60. The van der Waals surface area contributed by atoms with Crippen molar-refractivity contribution >= 4 is 5.91 Å². The summed E-state index contributed by atoms with van der Waals surface area (Å²) in [5.41, 5.74) is 3.73. The molecule has 10 heteroatoms. The molecule has 1 saturated heterocycles. The highest BCUT2D eigenvalue weighted by molar-refractivity contribution is 5.82. The minimum atomic E-state index is -4.41. The molecule has 2 fully saturated rings. The number of aryl methyl sites for hydroxylation is 1. The van der Waals surface area contributed by atoms with Crippen LogP contribution in [0.15, 0.2) is 40.9 Å². The second-order valence-electron chi connectivity index (χ2n) is 10.8. The van der Waals surface area contributed by atoms with Gasteiger partial charge in [-0.25, -0.2) is 0 Å². The number of rotatable bonds is 6. The smallest absolute Gasteiger partial charge is 0.377 e. The Bertz CT molecular complexity index is 1380. The average molecular weight is 527 g/mol. The molecule has 0 radical (unpaired) electrons. The number of hydrogen-bond donors (Lipinski definition) is 1. The van der Waals surface area contributed by atoms with Crippen LogP contribution >= 0.6 is 0 Å². The standard InChI is InChI=1S/C28H29F3N4O3/c1-16-33-26(38-34-16)23-11-22(23)25(36)32-12-18-6-7-20(17-4-3-5-19(10-17)28(29,30)31)21-8-9-35(13-24(18)21)27(2)14-37-15-27/h3-7,10,22-23H,8-9,11-15H2,1-2H3,(H,32,36)/t22-,23-/m1/s1. The van der Waals surface area contributed by atoms with E-state index in [1.165, 1.54) is 12.1 Å². The van der Waals surface area contributed by atoms with E-state index in [1.54, 1.807) is 13.0 Å². The summed E-state index contributed by atoms with van der Waals surface area (Å²) in [6.07, 6.45) is -3.03. The number of halogens is 3.